The van der Waals surface area contributed by atoms with Crippen LogP contribution in [0.4, 0.5) is 5.69 Å². The largest absolute Gasteiger partial charge is 0.322 e. The van der Waals surface area contributed by atoms with Crippen LogP contribution in [0.15, 0.2) is 78.9 Å². The lowest BCUT2D eigenvalue weighted by molar-refractivity contribution is 0.102. The van der Waals surface area contributed by atoms with Gasteiger partial charge in [-0.1, -0.05) is 59.8 Å². The maximum atomic E-state index is 12.6. The minimum Gasteiger partial charge on any atom is -0.322 e. The molecule has 0 saturated carbocycles. The monoisotopic (exact) mass is 355 g/mol. The number of anilines is 1. The molecule has 0 bridgehead atoms. The molecule has 0 radical (unpaired) electrons. The Bertz CT molecular complexity index is 1030. The van der Waals surface area contributed by atoms with Crippen LogP contribution in [0.5, 0.6) is 0 Å². The molecule has 1 amide bonds. The second kappa shape index (κ2) is 7.61. The normalized spacial score (nSPS) is 10.5. The van der Waals surface area contributed by atoms with E-state index in [9.17, 15) is 4.79 Å². The minimum atomic E-state index is -0.155. The topological polar surface area (TPSA) is 83.6 Å². The van der Waals surface area contributed by atoms with Gasteiger partial charge in [-0.15, -0.1) is 10.2 Å². The Hall–Kier alpha value is -3.80. The van der Waals surface area contributed by atoms with Crippen LogP contribution in [0.25, 0.3) is 11.1 Å². The highest BCUT2D eigenvalue weighted by Crippen LogP contribution is 2.21. The van der Waals surface area contributed by atoms with Crippen LogP contribution in [-0.4, -0.2) is 26.5 Å². The van der Waals surface area contributed by atoms with Gasteiger partial charge in [-0.3, -0.25) is 4.79 Å². The van der Waals surface area contributed by atoms with Crippen molar-refractivity contribution in [1.82, 2.24) is 20.6 Å². The summed E-state index contributed by atoms with van der Waals surface area (Å²) < 4.78 is 0. The molecule has 0 saturated heterocycles. The van der Waals surface area contributed by atoms with Gasteiger partial charge in [0.15, 0.2) is 5.82 Å². The number of nitrogens with zero attached hydrogens (tertiary/aromatic N) is 3. The van der Waals surface area contributed by atoms with Gasteiger partial charge in [0.2, 0.25) is 0 Å². The van der Waals surface area contributed by atoms with Crippen molar-refractivity contribution in [3.8, 4) is 11.1 Å². The second-order valence-corrected chi connectivity index (χ2v) is 6.10. The molecule has 6 nitrogen and oxygen atoms in total. The lowest BCUT2D eigenvalue weighted by Gasteiger charge is -2.08. The number of hydrogen-bond donors (Lipinski definition) is 2. The number of hydrogen-bond acceptors (Lipinski definition) is 4. The summed E-state index contributed by atoms with van der Waals surface area (Å²) >= 11 is 0. The molecule has 4 aromatic rings. The van der Waals surface area contributed by atoms with Crippen LogP contribution in [0.1, 0.15) is 21.7 Å². The zero-order valence-corrected chi connectivity index (χ0v) is 14.5. The van der Waals surface area contributed by atoms with E-state index in [-0.39, 0.29) is 5.91 Å². The van der Waals surface area contributed by atoms with Crippen molar-refractivity contribution in [1.29, 1.82) is 0 Å². The summed E-state index contributed by atoms with van der Waals surface area (Å²) in [5.74, 6) is 0.432. The number of nitrogens with one attached hydrogen (secondary N) is 2. The SMILES string of the molecule is O=C(Nc1ccc(-c2ccccc2)cc1)c1cccc(Cc2nn[nH]n2)c1. The van der Waals surface area contributed by atoms with Crippen molar-refractivity contribution in [2.45, 2.75) is 6.42 Å². The molecule has 0 spiro atoms. The molecule has 6 heteroatoms. The van der Waals surface area contributed by atoms with Crippen molar-refractivity contribution in [2.24, 2.45) is 0 Å². The molecule has 27 heavy (non-hydrogen) atoms. The number of carbonyl (C=O) groups excluding carboxylic acids is 1. The average Bonchev–Trinajstić information content (AvgIpc) is 3.22. The van der Waals surface area contributed by atoms with E-state index >= 15 is 0 Å². The van der Waals surface area contributed by atoms with Gasteiger partial charge >= 0.3 is 0 Å². The number of tetrazole rings is 1. The number of benzene rings is 3. The molecule has 2 N–H and O–H groups in total. The fraction of sp³-hybridized carbons (Fsp3) is 0.0476. The maximum absolute atomic E-state index is 12.6. The Morgan fingerprint density at radius 1 is 0.889 bits per heavy atom. The highest BCUT2D eigenvalue weighted by molar-refractivity contribution is 6.04. The molecular weight excluding hydrogens is 338 g/mol. The second-order valence-electron chi connectivity index (χ2n) is 6.10. The smallest absolute Gasteiger partial charge is 0.255 e. The van der Waals surface area contributed by atoms with Crippen molar-refractivity contribution >= 4 is 11.6 Å². The van der Waals surface area contributed by atoms with E-state index in [1.807, 2.05) is 60.7 Å². The summed E-state index contributed by atoms with van der Waals surface area (Å²) in [4.78, 5) is 12.6. The first kappa shape index (κ1) is 16.7. The molecule has 0 aliphatic rings. The molecule has 132 valence electrons. The number of amides is 1. The lowest BCUT2D eigenvalue weighted by atomic mass is 10.1. The first-order valence-electron chi connectivity index (χ1n) is 8.56. The van der Waals surface area contributed by atoms with Gasteiger partial charge in [-0.25, -0.2) is 0 Å². The fourth-order valence-corrected chi connectivity index (χ4v) is 2.84. The van der Waals surface area contributed by atoms with Crippen LogP contribution in [-0.2, 0) is 6.42 Å². The van der Waals surface area contributed by atoms with E-state index in [2.05, 4.69) is 38.1 Å². The summed E-state index contributed by atoms with van der Waals surface area (Å²) in [6.45, 7) is 0. The van der Waals surface area contributed by atoms with E-state index in [0.717, 1.165) is 22.4 Å². The van der Waals surface area contributed by atoms with E-state index in [1.165, 1.54) is 0 Å². The third-order valence-electron chi connectivity index (χ3n) is 4.19. The first-order valence-corrected chi connectivity index (χ1v) is 8.56. The molecule has 0 unspecified atom stereocenters. The quantitative estimate of drug-likeness (QED) is 0.572. The summed E-state index contributed by atoms with van der Waals surface area (Å²) in [6, 6.07) is 25.3. The average molecular weight is 355 g/mol. The summed E-state index contributed by atoms with van der Waals surface area (Å²) in [5, 5.41) is 16.8. The van der Waals surface area contributed by atoms with Crippen molar-refractivity contribution in [3.05, 3.63) is 95.8 Å². The molecule has 0 fully saturated rings. The van der Waals surface area contributed by atoms with Crippen molar-refractivity contribution < 1.29 is 4.79 Å². The van der Waals surface area contributed by atoms with Gasteiger partial charge in [0.25, 0.3) is 5.91 Å². The summed E-state index contributed by atoms with van der Waals surface area (Å²) in [5.41, 5.74) is 4.54. The highest BCUT2D eigenvalue weighted by atomic mass is 16.1. The third kappa shape index (κ3) is 4.07. The fourth-order valence-electron chi connectivity index (χ4n) is 2.84. The van der Waals surface area contributed by atoms with Crippen molar-refractivity contribution in [2.75, 3.05) is 5.32 Å². The van der Waals surface area contributed by atoms with Crippen LogP contribution >= 0.6 is 0 Å². The predicted molar refractivity (Wildman–Crippen MR) is 103 cm³/mol. The standard InChI is InChI=1S/C21H17N5O/c27-21(18-8-4-5-15(13-18)14-20-23-25-26-24-20)22-19-11-9-17(10-12-19)16-6-2-1-3-7-16/h1-13H,14H2,(H,22,27)(H,23,24,25,26). The Balaban J connectivity index is 1.46. The maximum Gasteiger partial charge on any atom is 0.255 e. The van der Waals surface area contributed by atoms with Gasteiger partial charge in [0.05, 0.1) is 0 Å². The van der Waals surface area contributed by atoms with Gasteiger partial charge in [-0.05, 0) is 41.0 Å². The van der Waals surface area contributed by atoms with E-state index in [0.29, 0.717) is 17.8 Å². The zero-order chi connectivity index (χ0) is 18.5. The Morgan fingerprint density at radius 3 is 2.41 bits per heavy atom. The number of aromatic amines is 1. The molecule has 1 heterocycles. The molecular formula is C21H17N5O. The van der Waals surface area contributed by atoms with Crippen LogP contribution in [0.2, 0.25) is 0 Å². The lowest BCUT2D eigenvalue weighted by Crippen LogP contribution is -2.12. The van der Waals surface area contributed by atoms with E-state index in [4.69, 9.17) is 0 Å². The molecule has 3 aromatic carbocycles. The minimum absolute atomic E-state index is 0.155. The first-order chi connectivity index (χ1) is 13.3. The van der Waals surface area contributed by atoms with Crippen LogP contribution < -0.4 is 5.32 Å². The summed E-state index contributed by atoms with van der Waals surface area (Å²) in [6.07, 6.45) is 0.517. The molecule has 1 aromatic heterocycles. The zero-order valence-electron chi connectivity index (χ0n) is 14.5. The van der Waals surface area contributed by atoms with Crippen molar-refractivity contribution in [3.63, 3.8) is 0 Å². The van der Waals surface area contributed by atoms with Gasteiger partial charge in [0, 0.05) is 17.7 Å². The molecule has 0 aliphatic heterocycles. The number of carbonyl (C=O) groups is 1. The van der Waals surface area contributed by atoms with E-state index in [1.54, 1.807) is 6.07 Å². The van der Waals surface area contributed by atoms with Gasteiger partial charge in [0.1, 0.15) is 0 Å². The molecule has 0 aliphatic carbocycles. The Labute approximate surface area is 156 Å². The summed E-state index contributed by atoms with van der Waals surface area (Å²) in [7, 11) is 0. The van der Waals surface area contributed by atoms with Gasteiger partial charge in [-0.2, -0.15) is 5.21 Å². The number of aromatic nitrogens is 4. The van der Waals surface area contributed by atoms with E-state index < -0.39 is 0 Å². The molecule has 4 rings (SSSR count). The number of rotatable bonds is 5. The highest BCUT2D eigenvalue weighted by Gasteiger charge is 2.09. The van der Waals surface area contributed by atoms with Crippen LogP contribution in [0, 0.1) is 0 Å². The predicted octanol–water partition coefficient (Wildman–Crippen LogP) is 3.71. The Morgan fingerprint density at radius 2 is 1.67 bits per heavy atom. The molecule has 0 atom stereocenters. The third-order valence-corrected chi connectivity index (χ3v) is 4.19. The number of H-pyrrole nitrogens is 1. The van der Waals surface area contributed by atoms with Gasteiger partial charge < -0.3 is 5.32 Å². The van der Waals surface area contributed by atoms with Crippen LogP contribution in [0.3, 0.4) is 0 Å². The Kier molecular flexibility index (Phi) is 4.70.